The molecule has 0 spiro atoms. The van der Waals surface area contributed by atoms with E-state index in [0.29, 0.717) is 22.0 Å². The third-order valence-corrected chi connectivity index (χ3v) is 5.30. The Morgan fingerprint density at radius 3 is 2.61 bits per heavy atom. The lowest BCUT2D eigenvalue weighted by Gasteiger charge is -2.25. The molecule has 3 rings (SSSR count). The van der Waals surface area contributed by atoms with E-state index in [2.05, 4.69) is 16.7 Å². The van der Waals surface area contributed by atoms with Crippen LogP contribution < -0.4 is 15.4 Å². The third kappa shape index (κ3) is 4.72. The number of benzene rings is 2. The first-order valence-electron chi connectivity index (χ1n) is 8.66. The van der Waals surface area contributed by atoms with Crippen molar-refractivity contribution >= 4 is 29.3 Å². The van der Waals surface area contributed by atoms with Gasteiger partial charge < -0.3 is 15.4 Å². The molecule has 1 aliphatic rings. The zero-order chi connectivity index (χ0) is 19.9. The number of anilines is 1. The van der Waals surface area contributed by atoms with E-state index in [0.717, 1.165) is 17.3 Å². The van der Waals surface area contributed by atoms with Crippen LogP contribution in [0.5, 0.6) is 5.75 Å². The topological polar surface area (TPSA) is 91.2 Å². The van der Waals surface area contributed by atoms with Crippen LogP contribution in [0.2, 0.25) is 0 Å². The summed E-state index contributed by atoms with van der Waals surface area (Å²) in [6, 6.07) is 18.7. The van der Waals surface area contributed by atoms with Crippen molar-refractivity contribution < 1.29 is 14.3 Å². The summed E-state index contributed by atoms with van der Waals surface area (Å²) in [5.41, 5.74) is 2.04. The zero-order valence-corrected chi connectivity index (χ0v) is 16.1. The van der Waals surface area contributed by atoms with E-state index in [1.807, 2.05) is 30.3 Å². The number of nitrogens with zero attached hydrogens (tertiary/aromatic N) is 1. The molecule has 28 heavy (non-hydrogen) atoms. The molecule has 0 bridgehead atoms. The van der Waals surface area contributed by atoms with E-state index in [1.165, 1.54) is 0 Å². The minimum Gasteiger partial charge on any atom is -0.497 e. The van der Waals surface area contributed by atoms with Gasteiger partial charge in [-0.25, -0.2) is 0 Å². The van der Waals surface area contributed by atoms with E-state index in [4.69, 9.17) is 4.74 Å². The van der Waals surface area contributed by atoms with Crippen LogP contribution in [0, 0.1) is 11.3 Å². The highest BCUT2D eigenvalue weighted by Crippen LogP contribution is 2.35. The van der Waals surface area contributed by atoms with Crippen molar-refractivity contribution in [2.75, 3.05) is 18.2 Å². The Hall–Kier alpha value is -3.24. The van der Waals surface area contributed by atoms with E-state index >= 15 is 0 Å². The van der Waals surface area contributed by atoms with Gasteiger partial charge in [0.2, 0.25) is 11.8 Å². The van der Waals surface area contributed by atoms with Crippen LogP contribution in [0.3, 0.4) is 0 Å². The van der Waals surface area contributed by atoms with Crippen LogP contribution in [0.4, 0.5) is 5.69 Å². The van der Waals surface area contributed by atoms with Gasteiger partial charge in [-0.05, 0) is 29.8 Å². The SMILES string of the molecule is COc1ccc(NC(=O)CSC2=C(C#N)[C@@H](c3ccccc3)CC(=O)N2)cc1. The smallest absolute Gasteiger partial charge is 0.234 e. The fourth-order valence-electron chi connectivity index (χ4n) is 2.91. The van der Waals surface area contributed by atoms with Crippen LogP contribution in [-0.4, -0.2) is 24.7 Å². The normalized spacial score (nSPS) is 16.1. The van der Waals surface area contributed by atoms with Crippen molar-refractivity contribution in [1.29, 1.82) is 5.26 Å². The Bertz CT molecular complexity index is 934. The summed E-state index contributed by atoms with van der Waals surface area (Å²) in [5.74, 6) is 0.0936. The Labute approximate surface area is 167 Å². The van der Waals surface area contributed by atoms with Gasteiger partial charge in [-0.15, -0.1) is 0 Å². The average molecular weight is 393 g/mol. The molecule has 7 heteroatoms. The second-order valence-electron chi connectivity index (χ2n) is 6.14. The molecule has 142 valence electrons. The van der Waals surface area contributed by atoms with Gasteiger partial charge in [-0.1, -0.05) is 42.1 Å². The number of thioether (sulfide) groups is 1. The molecule has 0 aromatic heterocycles. The number of nitrogens with one attached hydrogen (secondary N) is 2. The molecule has 0 saturated carbocycles. The number of hydrogen-bond donors (Lipinski definition) is 2. The van der Waals surface area contributed by atoms with E-state index < -0.39 is 0 Å². The number of hydrogen-bond acceptors (Lipinski definition) is 5. The van der Waals surface area contributed by atoms with E-state index in [9.17, 15) is 14.9 Å². The summed E-state index contributed by atoms with van der Waals surface area (Å²) < 4.78 is 5.09. The molecule has 2 aromatic rings. The monoisotopic (exact) mass is 393 g/mol. The van der Waals surface area contributed by atoms with Gasteiger partial charge in [-0.3, -0.25) is 9.59 Å². The molecule has 1 aliphatic heterocycles. The standard InChI is InChI=1S/C21H19N3O3S/c1-27-16-9-7-15(8-10-16)23-20(26)13-28-21-18(12-22)17(11-19(25)24-21)14-5-3-2-4-6-14/h2-10,17H,11,13H2,1H3,(H,23,26)(H,24,25)/t17-/m1/s1. The molecule has 0 radical (unpaired) electrons. The van der Waals surface area contributed by atoms with Gasteiger partial charge in [0, 0.05) is 18.0 Å². The van der Waals surface area contributed by atoms with E-state index in [1.54, 1.807) is 31.4 Å². The number of carbonyl (C=O) groups excluding carboxylic acids is 2. The van der Waals surface area contributed by atoms with Crippen molar-refractivity contribution in [3.63, 3.8) is 0 Å². The molecule has 6 nitrogen and oxygen atoms in total. The predicted octanol–water partition coefficient (Wildman–Crippen LogP) is 3.41. The molecule has 2 N–H and O–H groups in total. The van der Waals surface area contributed by atoms with Gasteiger partial charge in [-0.2, -0.15) is 5.26 Å². The first-order chi connectivity index (χ1) is 13.6. The highest BCUT2D eigenvalue weighted by molar-refractivity contribution is 8.03. The van der Waals surface area contributed by atoms with Crippen LogP contribution in [0.1, 0.15) is 17.9 Å². The van der Waals surface area contributed by atoms with Gasteiger partial charge in [0.15, 0.2) is 0 Å². The van der Waals surface area contributed by atoms with Crippen molar-refractivity contribution in [3.05, 3.63) is 70.8 Å². The third-order valence-electron chi connectivity index (χ3n) is 4.28. The van der Waals surface area contributed by atoms with E-state index in [-0.39, 0.29) is 29.9 Å². The number of nitriles is 1. The lowest BCUT2D eigenvalue weighted by atomic mass is 9.87. The summed E-state index contributed by atoms with van der Waals surface area (Å²) in [6.07, 6.45) is 0.217. The number of carbonyl (C=O) groups is 2. The number of rotatable bonds is 6. The predicted molar refractivity (Wildman–Crippen MR) is 109 cm³/mol. The Morgan fingerprint density at radius 1 is 1.25 bits per heavy atom. The first-order valence-corrected chi connectivity index (χ1v) is 9.65. The Morgan fingerprint density at radius 2 is 1.96 bits per heavy atom. The molecule has 0 aliphatic carbocycles. The van der Waals surface area contributed by atoms with Crippen molar-refractivity contribution in [2.45, 2.75) is 12.3 Å². The summed E-state index contributed by atoms with van der Waals surface area (Å²) in [4.78, 5) is 24.4. The van der Waals surface area contributed by atoms with Gasteiger partial charge >= 0.3 is 0 Å². The van der Waals surface area contributed by atoms with Crippen LogP contribution in [0.25, 0.3) is 0 Å². The maximum Gasteiger partial charge on any atom is 0.234 e. The number of methoxy groups -OCH3 is 1. The van der Waals surface area contributed by atoms with Crippen LogP contribution in [-0.2, 0) is 9.59 Å². The molecule has 2 amide bonds. The second-order valence-corrected chi connectivity index (χ2v) is 7.12. The van der Waals surface area contributed by atoms with Gasteiger partial charge in [0.25, 0.3) is 0 Å². The number of allylic oxidation sites excluding steroid dienone is 1. The first kappa shape index (κ1) is 19.5. The highest BCUT2D eigenvalue weighted by atomic mass is 32.2. The minimum absolute atomic E-state index is 0.0777. The number of amides is 2. The lowest BCUT2D eigenvalue weighted by molar-refractivity contribution is -0.121. The van der Waals surface area contributed by atoms with Gasteiger partial charge in [0.05, 0.1) is 29.5 Å². The summed E-state index contributed by atoms with van der Waals surface area (Å²) in [5, 5.41) is 15.6. The largest absolute Gasteiger partial charge is 0.497 e. The average Bonchev–Trinajstić information content (AvgIpc) is 2.73. The zero-order valence-electron chi connectivity index (χ0n) is 15.3. The minimum atomic E-state index is -0.299. The summed E-state index contributed by atoms with van der Waals surface area (Å²) in [6.45, 7) is 0. The fraction of sp³-hybridized carbons (Fsp3) is 0.190. The molecule has 2 aromatic carbocycles. The highest BCUT2D eigenvalue weighted by Gasteiger charge is 2.29. The van der Waals surface area contributed by atoms with Crippen molar-refractivity contribution in [3.8, 4) is 11.8 Å². The molecule has 0 unspecified atom stereocenters. The molecule has 1 heterocycles. The molecule has 0 fully saturated rings. The quantitative estimate of drug-likeness (QED) is 0.785. The van der Waals surface area contributed by atoms with Gasteiger partial charge in [0.1, 0.15) is 5.75 Å². The summed E-state index contributed by atoms with van der Waals surface area (Å²) in [7, 11) is 1.58. The van der Waals surface area contributed by atoms with Crippen molar-refractivity contribution in [1.82, 2.24) is 5.32 Å². The molecule has 0 saturated heterocycles. The maximum atomic E-state index is 12.3. The fourth-order valence-corrected chi connectivity index (χ4v) is 3.79. The van der Waals surface area contributed by atoms with Crippen LogP contribution >= 0.6 is 11.8 Å². The molecular weight excluding hydrogens is 374 g/mol. The second kappa shape index (κ2) is 9.11. The maximum absolute atomic E-state index is 12.3. The van der Waals surface area contributed by atoms with Crippen molar-refractivity contribution in [2.24, 2.45) is 0 Å². The summed E-state index contributed by atoms with van der Waals surface area (Å²) >= 11 is 1.16. The molecule has 1 atom stereocenters. The Balaban J connectivity index is 1.70. The lowest BCUT2D eigenvalue weighted by Crippen LogP contribution is -2.31. The molecular formula is C21H19N3O3S. The Kier molecular flexibility index (Phi) is 6.35. The van der Waals surface area contributed by atoms with Crippen LogP contribution in [0.15, 0.2) is 65.2 Å². The number of ether oxygens (including phenoxy) is 1.